The zero-order chi connectivity index (χ0) is 17.9. The molecule has 130 valence electrons. The molecule has 0 unspecified atom stereocenters. The normalized spacial score (nSPS) is 11.0. The molecular formula is C19H17N5OS. The minimum atomic E-state index is 0.633. The molecule has 2 aromatic carbocycles. The van der Waals surface area contributed by atoms with E-state index in [1.54, 1.807) is 4.68 Å². The minimum absolute atomic E-state index is 0.633. The standard InChI is InChI=1S/C19H17N5OS/c1-13-7-6-10-16(11-13)24-19(21-22-23-24)26-12-17-14(2)25-18(20-17)15-8-4-3-5-9-15/h3-11H,12H2,1-2H3. The summed E-state index contributed by atoms with van der Waals surface area (Å²) in [5, 5.41) is 12.8. The third-order valence-corrected chi connectivity index (χ3v) is 4.87. The van der Waals surface area contributed by atoms with Gasteiger partial charge in [0.25, 0.3) is 0 Å². The fraction of sp³-hybridized carbons (Fsp3) is 0.158. The first-order valence-electron chi connectivity index (χ1n) is 8.20. The van der Waals surface area contributed by atoms with Crippen molar-refractivity contribution in [1.29, 1.82) is 0 Å². The average Bonchev–Trinajstić information content (AvgIpc) is 3.27. The van der Waals surface area contributed by atoms with Crippen molar-refractivity contribution in [2.75, 3.05) is 0 Å². The second kappa shape index (κ2) is 7.13. The van der Waals surface area contributed by atoms with Gasteiger partial charge in [-0.3, -0.25) is 0 Å². The Labute approximate surface area is 155 Å². The Hall–Kier alpha value is -2.93. The van der Waals surface area contributed by atoms with E-state index in [4.69, 9.17) is 4.42 Å². The van der Waals surface area contributed by atoms with Gasteiger partial charge in [0, 0.05) is 11.3 Å². The lowest BCUT2D eigenvalue weighted by molar-refractivity contribution is 0.540. The molecule has 7 heteroatoms. The number of hydrogen-bond acceptors (Lipinski definition) is 6. The van der Waals surface area contributed by atoms with Crippen LogP contribution >= 0.6 is 11.8 Å². The van der Waals surface area contributed by atoms with E-state index < -0.39 is 0 Å². The van der Waals surface area contributed by atoms with E-state index >= 15 is 0 Å². The number of aryl methyl sites for hydroxylation is 2. The van der Waals surface area contributed by atoms with Gasteiger partial charge in [-0.15, -0.1) is 5.10 Å². The molecule has 0 aliphatic carbocycles. The van der Waals surface area contributed by atoms with Gasteiger partial charge in [0.15, 0.2) is 0 Å². The number of thioether (sulfide) groups is 1. The summed E-state index contributed by atoms with van der Waals surface area (Å²) in [6, 6.07) is 18.0. The van der Waals surface area contributed by atoms with Crippen LogP contribution in [0.3, 0.4) is 0 Å². The predicted molar refractivity (Wildman–Crippen MR) is 100 cm³/mol. The molecule has 0 saturated carbocycles. The van der Waals surface area contributed by atoms with E-state index in [2.05, 4.69) is 26.6 Å². The molecule has 6 nitrogen and oxygen atoms in total. The quantitative estimate of drug-likeness (QED) is 0.494. The van der Waals surface area contributed by atoms with Crippen molar-refractivity contribution in [3.8, 4) is 17.1 Å². The molecule has 0 amide bonds. The van der Waals surface area contributed by atoms with Gasteiger partial charge in [-0.2, -0.15) is 4.68 Å². The summed E-state index contributed by atoms with van der Waals surface area (Å²) in [5.41, 5.74) is 3.97. The molecule has 4 aromatic rings. The van der Waals surface area contributed by atoms with Crippen LogP contribution in [0.1, 0.15) is 17.0 Å². The number of hydrogen-bond donors (Lipinski definition) is 0. The maximum Gasteiger partial charge on any atom is 0.226 e. The van der Waals surface area contributed by atoms with Gasteiger partial charge >= 0.3 is 0 Å². The number of tetrazole rings is 1. The zero-order valence-electron chi connectivity index (χ0n) is 14.5. The number of rotatable bonds is 5. The Bertz CT molecular complexity index is 1030. The molecular weight excluding hydrogens is 346 g/mol. The first-order valence-corrected chi connectivity index (χ1v) is 9.19. The van der Waals surface area contributed by atoms with Gasteiger partial charge in [0.05, 0.1) is 11.4 Å². The molecule has 2 heterocycles. The van der Waals surface area contributed by atoms with Gasteiger partial charge in [-0.05, 0) is 54.1 Å². The Morgan fingerprint density at radius 2 is 1.88 bits per heavy atom. The van der Waals surface area contributed by atoms with Crippen LogP contribution in [0.25, 0.3) is 17.1 Å². The average molecular weight is 363 g/mol. The van der Waals surface area contributed by atoms with Crippen LogP contribution in [0.5, 0.6) is 0 Å². The number of oxazole rings is 1. The summed E-state index contributed by atoms with van der Waals surface area (Å²) >= 11 is 1.53. The van der Waals surface area contributed by atoms with E-state index in [1.165, 1.54) is 11.8 Å². The van der Waals surface area contributed by atoms with Crippen LogP contribution in [-0.2, 0) is 5.75 Å². The third-order valence-electron chi connectivity index (χ3n) is 3.94. The maximum atomic E-state index is 5.82. The van der Waals surface area contributed by atoms with Gasteiger partial charge in [-0.25, -0.2) is 4.98 Å². The molecule has 0 radical (unpaired) electrons. The molecule has 0 atom stereocenters. The zero-order valence-corrected chi connectivity index (χ0v) is 15.3. The maximum absolute atomic E-state index is 5.82. The fourth-order valence-electron chi connectivity index (χ4n) is 2.59. The highest BCUT2D eigenvalue weighted by Crippen LogP contribution is 2.27. The monoisotopic (exact) mass is 363 g/mol. The van der Waals surface area contributed by atoms with Crippen molar-refractivity contribution in [1.82, 2.24) is 25.2 Å². The topological polar surface area (TPSA) is 69.6 Å². The van der Waals surface area contributed by atoms with Crippen LogP contribution in [0, 0.1) is 13.8 Å². The van der Waals surface area contributed by atoms with E-state index in [0.717, 1.165) is 33.4 Å². The minimum Gasteiger partial charge on any atom is -0.441 e. The summed E-state index contributed by atoms with van der Waals surface area (Å²) in [5.74, 6) is 2.08. The van der Waals surface area contributed by atoms with E-state index in [0.29, 0.717) is 11.6 Å². The molecule has 26 heavy (non-hydrogen) atoms. The van der Waals surface area contributed by atoms with Crippen LogP contribution in [-0.4, -0.2) is 25.2 Å². The Balaban J connectivity index is 1.54. The van der Waals surface area contributed by atoms with Crippen LogP contribution in [0.2, 0.25) is 0 Å². The molecule has 0 bridgehead atoms. The largest absolute Gasteiger partial charge is 0.441 e. The lowest BCUT2D eigenvalue weighted by atomic mass is 10.2. The van der Waals surface area contributed by atoms with Crippen LogP contribution in [0.15, 0.2) is 64.2 Å². The predicted octanol–water partition coefficient (Wildman–Crippen LogP) is 4.23. The highest BCUT2D eigenvalue weighted by atomic mass is 32.2. The molecule has 0 spiro atoms. The number of nitrogens with zero attached hydrogens (tertiary/aromatic N) is 5. The summed E-state index contributed by atoms with van der Waals surface area (Å²) in [6.07, 6.45) is 0. The first kappa shape index (κ1) is 16.5. The van der Waals surface area contributed by atoms with Gasteiger partial charge in [0.1, 0.15) is 5.76 Å². The Kier molecular flexibility index (Phi) is 4.53. The molecule has 0 aliphatic rings. The van der Waals surface area contributed by atoms with Crippen molar-refractivity contribution >= 4 is 11.8 Å². The van der Waals surface area contributed by atoms with Gasteiger partial charge in [-0.1, -0.05) is 42.1 Å². The molecule has 4 rings (SSSR count). The van der Waals surface area contributed by atoms with Crippen molar-refractivity contribution in [3.63, 3.8) is 0 Å². The van der Waals surface area contributed by atoms with Gasteiger partial charge in [0.2, 0.25) is 11.0 Å². The van der Waals surface area contributed by atoms with Crippen molar-refractivity contribution < 1.29 is 4.42 Å². The highest BCUT2D eigenvalue weighted by Gasteiger charge is 2.14. The van der Waals surface area contributed by atoms with Crippen molar-refractivity contribution in [2.24, 2.45) is 0 Å². The molecule has 0 saturated heterocycles. The Morgan fingerprint density at radius 3 is 2.69 bits per heavy atom. The summed E-state index contributed by atoms with van der Waals surface area (Å²) in [6.45, 7) is 3.98. The molecule has 0 N–H and O–H groups in total. The molecule has 0 aliphatic heterocycles. The van der Waals surface area contributed by atoms with Crippen LogP contribution < -0.4 is 0 Å². The first-order chi connectivity index (χ1) is 12.7. The lowest BCUT2D eigenvalue weighted by Crippen LogP contribution is -1.99. The second-order valence-corrected chi connectivity index (χ2v) is 6.83. The summed E-state index contributed by atoms with van der Waals surface area (Å²) < 4.78 is 7.56. The SMILES string of the molecule is Cc1cccc(-n2nnnc2SCc2nc(-c3ccccc3)oc2C)c1. The van der Waals surface area contributed by atoms with Gasteiger partial charge < -0.3 is 4.42 Å². The van der Waals surface area contributed by atoms with Crippen molar-refractivity contribution in [2.45, 2.75) is 24.8 Å². The smallest absolute Gasteiger partial charge is 0.226 e. The van der Waals surface area contributed by atoms with Crippen molar-refractivity contribution in [3.05, 3.63) is 71.6 Å². The fourth-order valence-corrected chi connectivity index (χ4v) is 3.48. The summed E-state index contributed by atoms with van der Waals surface area (Å²) in [4.78, 5) is 4.63. The van der Waals surface area contributed by atoms with E-state index in [-0.39, 0.29) is 0 Å². The number of aromatic nitrogens is 5. The Morgan fingerprint density at radius 1 is 1.04 bits per heavy atom. The molecule has 0 fully saturated rings. The third kappa shape index (κ3) is 3.39. The number of benzene rings is 2. The molecule has 2 aromatic heterocycles. The summed E-state index contributed by atoms with van der Waals surface area (Å²) in [7, 11) is 0. The second-order valence-electron chi connectivity index (χ2n) is 5.89. The van der Waals surface area contributed by atoms with E-state index in [1.807, 2.05) is 62.4 Å². The highest BCUT2D eigenvalue weighted by molar-refractivity contribution is 7.98. The lowest BCUT2D eigenvalue weighted by Gasteiger charge is -2.04. The van der Waals surface area contributed by atoms with Crippen LogP contribution in [0.4, 0.5) is 0 Å². The van der Waals surface area contributed by atoms with E-state index in [9.17, 15) is 0 Å².